The lowest BCUT2D eigenvalue weighted by Gasteiger charge is -2.16. The molecule has 60 valence electrons. The molecule has 0 bridgehead atoms. The number of hydrogen-bond donors (Lipinski definition) is 1. The third-order valence-electron chi connectivity index (χ3n) is 1.65. The van der Waals surface area contributed by atoms with Gasteiger partial charge >= 0.3 is 0 Å². The first-order valence-corrected chi connectivity index (χ1v) is 3.72. The Kier molecular flexibility index (Phi) is 2.37. The van der Waals surface area contributed by atoms with E-state index in [4.69, 9.17) is 6.42 Å². The fraction of sp³-hybridized carbons (Fsp3) is 0.625. The first-order chi connectivity index (χ1) is 5.24. The smallest absolute Gasteiger partial charge is 0.194 e. The van der Waals surface area contributed by atoms with E-state index < -0.39 is 0 Å². The van der Waals surface area contributed by atoms with Crippen molar-refractivity contribution >= 4 is 5.96 Å². The molecule has 0 aromatic carbocycles. The Bertz CT molecular complexity index is 202. The summed E-state index contributed by atoms with van der Waals surface area (Å²) in [5, 5.41) is 3.12. The average Bonchev–Trinajstić information content (AvgIpc) is 2.37. The molecule has 0 radical (unpaired) electrons. The first kappa shape index (κ1) is 7.93. The van der Waals surface area contributed by atoms with Crippen molar-refractivity contribution in [2.75, 3.05) is 20.1 Å². The molecule has 0 saturated heterocycles. The number of guanidine groups is 1. The van der Waals surface area contributed by atoms with E-state index >= 15 is 0 Å². The van der Waals surface area contributed by atoms with Crippen LogP contribution >= 0.6 is 0 Å². The predicted octanol–water partition coefficient (Wildman–Crippen LogP) is -0.101. The molecule has 1 heterocycles. The van der Waals surface area contributed by atoms with Gasteiger partial charge in [0, 0.05) is 13.6 Å². The summed E-state index contributed by atoms with van der Waals surface area (Å²) in [7, 11) is 2.00. The minimum absolute atomic E-state index is 0.0642. The van der Waals surface area contributed by atoms with Crippen molar-refractivity contribution in [2.24, 2.45) is 4.99 Å². The van der Waals surface area contributed by atoms with Gasteiger partial charge in [-0.1, -0.05) is 5.92 Å². The van der Waals surface area contributed by atoms with Crippen LogP contribution in [0.2, 0.25) is 0 Å². The molecule has 3 nitrogen and oxygen atoms in total. The van der Waals surface area contributed by atoms with Crippen LogP contribution in [0.3, 0.4) is 0 Å². The molecule has 1 rings (SSSR count). The average molecular weight is 151 g/mol. The van der Waals surface area contributed by atoms with Gasteiger partial charge in [0.15, 0.2) is 5.96 Å². The van der Waals surface area contributed by atoms with E-state index in [9.17, 15) is 0 Å². The highest BCUT2D eigenvalue weighted by Gasteiger charge is 2.12. The third kappa shape index (κ3) is 1.87. The van der Waals surface area contributed by atoms with Gasteiger partial charge < -0.3 is 10.2 Å². The van der Waals surface area contributed by atoms with E-state index in [0.29, 0.717) is 0 Å². The fourth-order valence-electron chi connectivity index (χ4n) is 0.924. The summed E-state index contributed by atoms with van der Waals surface area (Å²) in [5.41, 5.74) is 0. The van der Waals surface area contributed by atoms with Crippen LogP contribution in [0.5, 0.6) is 0 Å². The van der Waals surface area contributed by atoms with Crippen molar-refractivity contribution in [1.82, 2.24) is 10.2 Å². The molecule has 3 heteroatoms. The molecule has 1 aliphatic heterocycles. The molecule has 0 amide bonds. The van der Waals surface area contributed by atoms with Crippen LogP contribution < -0.4 is 5.32 Å². The molecule has 0 spiro atoms. The minimum Gasteiger partial charge on any atom is -0.344 e. The summed E-state index contributed by atoms with van der Waals surface area (Å²) in [4.78, 5) is 6.30. The van der Waals surface area contributed by atoms with E-state index in [1.54, 1.807) is 0 Å². The summed E-state index contributed by atoms with van der Waals surface area (Å²) >= 11 is 0. The highest BCUT2D eigenvalue weighted by molar-refractivity contribution is 5.81. The quantitative estimate of drug-likeness (QED) is 0.530. The molecule has 1 N–H and O–H groups in total. The first-order valence-electron chi connectivity index (χ1n) is 3.72. The SMILES string of the molecule is C#CC(C)NC1=NCCN1C. The number of rotatable bonds is 1. The van der Waals surface area contributed by atoms with Gasteiger partial charge in [0.05, 0.1) is 12.6 Å². The van der Waals surface area contributed by atoms with Crippen LogP contribution in [0.4, 0.5) is 0 Å². The standard InChI is InChI=1S/C8H13N3/c1-4-7(2)10-8-9-5-6-11(8)3/h1,7H,5-6H2,2-3H3,(H,9,10). The Morgan fingerprint density at radius 2 is 2.55 bits per heavy atom. The second-order valence-corrected chi connectivity index (χ2v) is 2.66. The van der Waals surface area contributed by atoms with Crippen LogP contribution in [0.25, 0.3) is 0 Å². The Morgan fingerprint density at radius 3 is 3.00 bits per heavy atom. The van der Waals surface area contributed by atoms with Crippen LogP contribution in [-0.2, 0) is 0 Å². The van der Waals surface area contributed by atoms with Gasteiger partial charge in [0.2, 0.25) is 0 Å². The zero-order valence-corrected chi connectivity index (χ0v) is 6.96. The molecule has 0 fully saturated rings. The van der Waals surface area contributed by atoms with Crippen molar-refractivity contribution in [1.29, 1.82) is 0 Å². The number of likely N-dealkylation sites (N-methyl/N-ethyl adjacent to an activating group) is 1. The molecular weight excluding hydrogens is 138 g/mol. The van der Waals surface area contributed by atoms with Crippen molar-refractivity contribution in [3.05, 3.63) is 0 Å². The van der Waals surface area contributed by atoms with Crippen LogP contribution in [0.1, 0.15) is 6.92 Å². The van der Waals surface area contributed by atoms with E-state index in [1.807, 2.05) is 14.0 Å². The number of terminal acetylenes is 1. The molecule has 0 aromatic heterocycles. The van der Waals surface area contributed by atoms with Crippen molar-refractivity contribution in [3.8, 4) is 12.3 Å². The molecule has 1 unspecified atom stereocenters. The molecular formula is C8H13N3. The summed E-state index contributed by atoms with van der Waals surface area (Å²) in [6.07, 6.45) is 5.21. The van der Waals surface area contributed by atoms with Gasteiger partial charge in [-0.25, -0.2) is 0 Å². The molecule has 0 saturated carbocycles. The zero-order valence-electron chi connectivity index (χ0n) is 6.96. The van der Waals surface area contributed by atoms with Gasteiger partial charge in [-0.2, -0.15) is 0 Å². The van der Waals surface area contributed by atoms with Crippen LogP contribution in [0, 0.1) is 12.3 Å². The van der Waals surface area contributed by atoms with Crippen molar-refractivity contribution in [3.63, 3.8) is 0 Å². The topological polar surface area (TPSA) is 27.6 Å². The van der Waals surface area contributed by atoms with Gasteiger partial charge in [-0.05, 0) is 6.92 Å². The van der Waals surface area contributed by atoms with E-state index in [0.717, 1.165) is 19.0 Å². The monoisotopic (exact) mass is 151 g/mol. The highest BCUT2D eigenvalue weighted by atomic mass is 15.3. The molecule has 0 aliphatic carbocycles. The fourth-order valence-corrected chi connectivity index (χ4v) is 0.924. The maximum atomic E-state index is 5.21. The predicted molar refractivity (Wildman–Crippen MR) is 46.4 cm³/mol. The zero-order chi connectivity index (χ0) is 8.27. The van der Waals surface area contributed by atoms with Crippen molar-refractivity contribution in [2.45, 2.75) is 13.0 Å². The number of aliphatic imine (C=N–C) groups is 1. The Morgan fingerprint density at radius 1 is 1.82 bits per heavy atom. The summed E-state index contributed by atoms with van der Waals surface area (Å²) in [5.74, 6) is 3.51. The van der Waals surface area contributed by atoms with Gasteiger partial charge in [0.25, 0.3) is 0 Å². The maximum absolute atomic E-state index is 5.21. The summed E-state index contributed by atoms with van der Waals surface area (Å²) in [6, 6.07) is 0.0642. The Labute approximate surface area is 67.5 Å². The Hall–Kier alpha value is -1.17. The number of nitrogens with zero attached hydrogens (tertiary/aromatic N) is 2. The van der Waals surface area contributed by atoms with E-state index in [2.05, 4.69) is 21.1 Å². The second-order valence-electron chi connectivity index (χ2n) is 2.66. The summed E-state index contributed by atoms with van der Waals surface area (Å²) < 4.78 is 0. The molecule has 0 aromatic rings. The summed E-state index contributed by atoms with van der Waals surface area (Å²) in [6.45, 7) is 3.80. The largest absolute Gasteiger partial charge is 0.344 e. The number of nitrogens with one attached hydrogen (secondary N) is 1. The number of hydrogen-bond acceptors (Lipinski definition) is 3. The Balaban J connectivity index is 2.44. The van der Waals surface area contributed by atoms with Crippen molar-refractivity contribution < 1.29 is 0 Å². The lowest BCUT2D eigenvalue weighted by Crippen LogP contribution is -2.40. The van der Waals surface area contributed by atoms with Gasteiger partial charge in [0.1, 0.15) is 0 Å². The highest BCUT2D eigenvalue weighted by Crippen LogP contribution is 1.95. The molecule has 11 heavy (non-hydrogen) atoms. The molecule has 1 atom stereocenters. The molecule has 1 aliphatic rings. The van der Waals surface area contributed by atoms with Crippen LogP contribution in [-0.4, -0.2) is 37.0 Å². The van der Waals surface area contributed by atoms with Crippen LogP contribution in [0.15, 0.2) is 4.99 Å². The van der Waals surface area contributed by atoms with E-state index in [1.165, 1.54) is 0 Å². The van der Waals surface area contributed by atoms with Gasteiger partial charge in [-0.3, -0.25) is 4.99 Å². The third-order valence-corrected chi connectivity index (χ3v) is 1.65. The van der Waals surface area contributed by atoms with E-state index in [-0.39, 0.29) is 6.04 Å². The minimum atomic E-state index is 0.0642. The normalized spacial score (nSPS) is 19.0. The maximum Gasteiger partial charge on any atom is 0.194 e. The lowest BCUT2D eigenvalue weighted by molar-refractivity contribution is 0.530. The second kappa shape index (κ2) is 3.29. The van der Waals surface area contributed by atoms with Gasteiger partial charge in [-0.15, -0.1) is 6.42 Å². The lowest BCUT2D eigenvalue weighted by atomic mass is 10.4.